The first kappa shape index (κ1) is 20.5. The van der Waals surface area contributed by atoms with Gasteiger partial charge in [-0.05, 0) is 24.5 Å². The maximum Gasteiger partial charge on any atom is 0.407 e. The maximum atomic E-state index is 12.6. The summed E-state index contributed by atoms with van der Waals surface area (Å²) < 4.78 is 5.68. The summed E-state index contributed by atoms with van der Waals surface area (Å²) in [5.74, 6) is 0.227. The smallest absolute Gasteiger partial charge is 0.407 e. The largest absolute Gasteiger partial charge is 0.465 e. The Kier molecular flexibility index (Phi) is 5.40. The number of nitro groups is 1. The van der Waals surface area contributed by atoms with E-state index in [1.54, 1.807) is 0 Å². The molecule has 11 nitrogen and oxygen atoms in total. The van der Waals surface area contributed by atoms with Crippen molar-refractivity contribution in [3.8, 4) is 0 Å². The van der Waals surface area contributed by atoms with Crippen LogP contribution in [0.3, 0.4) is 0 Å². The van der Waals surface area contributed by atoms with E-state index in [1.807, 2.05) is 11.8 Å². The van der Waals surface area contributed by atoms with Crippen LogP contribution in [0.4, 0.5) is 16.3 Å². The van der Waals surface area contributed by atoms with Gasteiger partial charge in [0.15, 0.2) is 0 Å². The van der Waals surface area contributed by atoms with Gasteiger partial charge in [-0.3, -0.25) is 10.1 Å². The number of aromatic nitrogens is 2. The molecule has 1 aromatic carbocycles. The molecule has 0 unspecified atom stereocenters. The molecule has 2 atom stereocenters. The molecule has 1 saturated heterocycles. The zero-order chi connectivity index (χ0) is 22.1. The Hall–Kier alpha value is -3.76. The highest BCUT2D eigenvalue weighted by atomic mass is 16.6. The average Bonchev–Trinajstić information content (AvgIpc) is 3.09. The standard InChI is InChI=1S/C20H21N5O6/c1-12-10-15(31-19(26)13-2-4-14(5-3-13)25(29)30)17-16(12)18(22-11-21-17)23-6-8-24(9-7-23)20(27)28/h2-5,11-12,15H,6-10H2,1H3,(H,27,28)/t12-,15-/m1/s1. The number of piperazine rings is 1. The summed E-state index contributed by atoms with van der Waals surface area (Å²) in [5.41, 5.74) is 1.68. The highest BCUT2D eigenvalue weighted by Gasteiger charge is 2.37. The number of carbonyl (C=O) groups excluding carboxylic acids is 1. The van der Waals surface area contributed by atoms with Crippen molar-refractivity contribution >= 4 is 23.6 Å². The number of benzene rings is 1. The number of amides is 1. The van der Waals surface area contributed by atoms with Gasteiger partial charge in [0.05, 0.1) is 16.2 Å². The fourth-order valence-corrected chi connectivity index (χ4v) is 4.06. The number of nitro benzene ring substituents is 1. The molecule has 31 heavy (non-hydrogen) atoms. The number of hydrogen-bond acceptors (Lipinski definition) is 8. The molecule has 4 rings (SSSR count). The van der Waals surface area contributed by atoms with Crippen LogP contribution in [-0.2, 0) is 4.74 Å². The van der Waals surface area contributed by atoms with Gasteiger partial charge in [0.25, 0.3) is 5.69 Å². The van der Waals surface area contributed by atoms with Crippen LogP contribution in [0.25, 0.3) is 0 Å². The first-order chi connectivity index (χ1) is 14.8. The fraction of sp³-hybridized carbons (Fsp3) is 0.400. The van der Waals surface area contributed by atoms with E-state index >= 15 is 0 Å². The van der Waals surface area contributed by atoms with Crippen molar-refractivity contribution in [2.75, 3.05) is 31.1 Å². The molecule has 1 aromatic heterocycles. The second kappa shape index (κ2) is 8.17. The second-order valence-corrected chi connectivity index (χ2v) is 7.59. The van der Waals surface area contributed by atoms with E-state index in [9.17, 15) is 19.7 Å². The second-order valence-electron chi connectivity index (χ2n) is 7.59. The van der Waals surface area contributed by atoms with Gasteiger partial charge >= 0.3 is 12.1 Å². The van der Waals surface area contributed by atoms with Gasteiger partial charge in [-0.2, -0.15) is 0 Å². The molecule has 1 amide bonds. The number of nitrogens with zero attached hydrogens (tertiary/aromatic N) is 5. The number of anilines is 1. The molecule has 2 aromatic rings. The van der Waals surface area contributed by atoms with E-state index in [0.717, 1.165) is 11.4 Å². The zero-order valence-electron chi connectivity index (χ0n) is 16.8. The van der Waals surface area contributed by atoms with Crippen molar-refractivity contribution in [2.24, 2.45) is 0 Å². The quantitative estimate of drug-likeness (QED) is 0.443. The number of rotatable bonds is 4. The minimum Gasteiger partial charge on any atom is -0.465 e. The molecule has 11 heteroatoms. The SMILES string of the molecule is C[C@@H]1C[C@@H](OC(=O)c2ccc([N+](=O)[O-])cc2)c2ncnc(N3CCN(C(=O)O)CC3)c21. The summed E-state index contributed by atoms with van der Waals surface area (Å²) in [7, 11) is 0. The first-order valence-electron chi connectivity index (χ1n) is 9.88. The minimum atomic E-state index is -0.931. The molecular weight excluding hydrogens is 406 g/mol. The van der Waals surface area contributed by atoms with Gasteiger partial charge in [0.1, 0.15) is 18.2 Å². The molecule has 1 aliphatic heterocycles. The average molecular weight is 427 g/mol. The summed E-state index contributed by atoms with van der Waals surface area (Å²) in [6, 6.07) is 5.26. The van der Waals surface area contributed by atoms with Crippen LogP contribution in [0.15, 0.2) is 30.6 Å². The third kappa shape index (κ3) is 3.98. The summed E-state index contributed by atoms with van der Waals surface area (Å²) in [6.45, 7) is 3.84. The summed E-state index contributed by atoms with van der Waals surface area (Å²) in [4.78, 5) is 46.2. The molecule has 2 aliphatic rings. The van der Waals surface area contributed by atoms with Gasteiger partial charge in [0.2, 0.25) is 0 Å². The highest BCUT2D eigenvalue weighted by Crippen LogP contribution is 2.45. The molecule has 1 aliphatic carbocycles. The molecule has 0 spiro atoms. The summed E-state index contributed by atoms with van der Waals surface area (Å²) in [5, 5.41) is 19.9. The summed E-state index contributed by atoms with van der Waals surface area (Å²) >= 11 is 0. The van der Waals surface area contributed by atoms with Crippen LogP contribution < -0.4 is 4.90 Å². The van der Waals surface area contributed by atoms with Crippen molar-refractivity contribution in [1.29, 1.82) is 0 Å². The van der Waals surface area contributed by atoms with Crippen LogP contribution in [0, 0.1) is 10.1 Å². The Morgan fingerprint density at radius 2 is 1.84 bits per heavy atom. The van der Waals surface area contributed by atoms with Crippen molar-refractivity contribution in [3.63, 3.8) is 0 Å². The number of esters is 1. The van der Waals surface area contributed by atoms with E-state index in [1.165, 1.54) is 35.5 Å². The first-order valence-corrected chi connectivity index (χ1v) is 9.88. The molecule has 162 valence electrons. The number of non-ortho nitro benzene ring substituents is 1. The van der Waals surface area contributed by atoms with Crippen molar-refractivity contribution in [1.82, 2.24) is 14.9 Å². The molecule has 0 radical (unpaired) electrons. The van der Waals surface area contributed by atoms with E-state index in [4.69, 9.17) is 9.84 Å². The molecule has 0 saturated carbocycles. The van der Waals surface area contributed by atoms with Crippen LogP contribution in [-0.4, -0.2) is 63.1 Å². The molecular formula is C20H21N5O6. The van der Waals surface area contributed by atoms with Gasteiger partial charge in [-0.1, -0.05) is 6.92 Å². The Bertz CT molecular complexity index is 1020. The molecule has 1 N–H and O–H groups in total. The van der Waals surface area contributed by atoms with E-state index in [0.29, 0.717) is 38.3 Å². The number of hydrogen-bond donors (Lipinski definition) is 1. The van der Waals surface area contributed by atoms with Crippen LogP contribution in [0.1, 0.15) is 47.0 Å². The third-order valence-corrected chi connectivity index (χ3v) is 5.67. The zero-order valence-corrected chi connectivity index (χ0v) is 16.8. The monoisotopic (exact) mass is 427 g/mol. The lowest BCUT2D eigenvalue weighted by atomic mass is 10.1. The van der Waals surface area contributed by atoms with Crippen molar-refractivity contribution in [2.45, 2.75) is 25.4 Å². The van der Waals surface area contributed by atoms with E-state index in [2.05, 4.69) is 9.97 Å². The van der Waals surface area contributed by atoms with Crippen LogP contribution >= 0.6 is 0 Å². The number of fused-ring (bicyclic) bond motifs is 1. The Morgan fingerprint density at radius 1 is 1.16 bits per heavy atom. The highest BCUT2D eigenvalue weighted by molar-refractivity contribution is 5.89. The maximum absolute atomic E-state index is 12.6. The van der Waals surface area contributed by atoms with E-state index in [-0.39, 0.29) is 17.2 Å². The lowest BCUT2D eigenvalue weighted by Crippen LogP contribution is -2.48. The fourth-order valence-electron chi connectivity index (χ4n) is 4.06. The Morgan fingerprint density at radius 3 is 2.45 bits per heavy atom. The topological polar surface area (TPSA) is 139 Å². The molecule has 0 bridgehead atoms. The number of carbonyl (C=O) groups is 2. The third-order valence-electron chi connectivity index (χ3n) is 5.67. The predicted molar refractivity (Wildman–Crippen MR) is 108 cm³/mol. The van der Waals surface area contributed by atoms with Gasteiger partial charge in [0, 0.05) is 43.9 Å². The Labute approximate surface area is 177 Å². The van der Waals surface area contributed by atoms with Gasteiger partial charge in [-0.25, -0.2) is 19.6 Å². The summed E-state index contributed by atoms with van der Waals surface area (Å²) in [6.07, 6.45) is 0.506. The van der Waals surface area contributed by atoms with Crippen LogP contribution in [0.5, 0.6) is 0 Å². The number of ether oxygens (including phenoxy) is 1. The van der Waals surface area contributed by atoms with Crippen LogP contribution in [0.2, 0.25) is 0 Å². The normalized spacial score (nSPS) is 20.3. The predicted octanol–water partition coefficient (Wildman–Crippen LogP) is 2.59. The van der Waals surface area contributed by atoms with Crippen molar-refractivity contribution in [3.05, 3.63) is 57.5 Å². The lowest BCUT2D eigenvalue weighted by molar-refractivity contribution is -0.384. The number of carboxylic acid groups (broad SMARTS) is 1. The molecule has 1 fully saturated rings. The molecule has 2 heterocycles. The van der Waals surface area contributed by atoms with Gasteiger partial charge in [-0.15, -0.1) is 0 Å². The minimum absolute atomic E-state index is 0.0540. The van der Waals surface area contributed by atoms with Crippen molar-refractivity contribution < 1.29 is 24.4 Å². The lowest BCUT2D eigenvalue weighted by Gasteiger charge is -2.35. The van der Waals surface area contributed by atoms with E-state index < -0.39 is 23.1 Å². The Balaban J connectivity index is 1.51. The van der Waals surface area contributed by atoms with Gasteiger partial charge < -0.3 is 19.6 Å².